The molecule has 342 valence electrons. The maximum Gasteiger partial charge on any atom is 0.509 e. The van der Waals surface area contributed by atoms with Gasteiger partial charge in [-0.15, -0.1) is 0 Å². The third-order valence-corrected chi connectivity index (χ3v) is 15.9. The second-order valence-electron chi connectivity index (χ2n) is 17.2. The van der Waals surface area contributed by atoms with E-state index in [1.807, 2.05) is 19.9 Å². The van der Waals surface area contributed by atoms with E-state index >= 15 is 4.79 Å². The number of halogens is 2. The van der Waals surface area contributed by atoms with Crippen LogP contribution in [0.2, 0.25) is 0 Å². The largest absolute Gasteiger partial charge is 0.509 e. The van der Waals surface area contributed by atoms with E-state index in [1.54, 1.807) is 85.3 Å². The first kappa shape index (κ1) is 48.9. The molecule has 0 unspecified atom stereocenters. The molecule has 17 heteroatoms. The Labute approximate surface area is 385 Å². The van der Waals surface area contributed by atoms with Crippen molar-refractivity contribution >= 4 is 74.6 Å². The number of aliphatic hydroxyl groups excluding tert-OH is 2. The van der Waals surface area contributed by atoms with Gasteiger partial charge in [0.05, 0.1) is 29.6 Å². The van der Waals surface area contributed by atoms with E-state index in [-0.39, 0.29) is 41.7 Å². The highest BCUT2D eigenvalue weighted by Crippen LogP contribution is 2.63. The molecule has 13 nitrogen and oxygen atoms in total. The van der Waals surface area contributed by atoms with Crippen LogP contribution in [0, 0.1) is 22.7 Å². The number of Topliss-reactive ketones (excluding diaryl/α,β-unsaturated/α-hetero) is 1. The molecule has 2 aromatic rings. The number of allylic oxidation sites excluding steroid dienone is 1. The van der Waals surface area contributed by atoms with Crippen LogP contribution in [0.1, 0.15) is 82.6 Å². The number of carbonyl (C=O) groups excluding carboxylic acids is 5. The summed E-state index contributed by atoms with van der Waals surface area (Å²) in [5.74, 6) is -4.71. The number of esters is 3. The summed E-state index contributed by atoms with van der Waals surface area (Å²) < 4.78 is 36.1. The average Bonchev–Trinajstić information content (AvgIpc) is 3.24. The van der Waals surface area contributed by atoms with E-state index < -0.39 is 101 Å². The fraction of sp³-hybridized carbons (Fsp3) is 0.543. The van der Waals surface area contributed by atoms with Crippen molar-refractivity contribution in [3.63, 3.8) is 0 Å². The lowest BCUT2D eigenvalue weighted by atomic mass is 9.46. The predicted molar refractivity (Wildman–Crippen MR) is 238 cm³/mol. The Hall–Kier alpha value is -3.57. The number of benzene rings is 2. The van der Waals surface area contributed by atoms with Crippen molar-refractivity contribution in [2.75, 3.05) is 24.7 Å². The maximum absolute atomic E-state index is 15.0. The highest BCUT2D eigenvalue weighted by Gasteiger charge is 2.75. The maximum atomic E-state index is 15.0. The lowest BCUT2D eigenvalue weighted by Crippen LogP contribution is -2.79. The number of aliphatic hydroxyl groups is 2. The van der Waals surface area contributed by atoms with Crippen molar-refractivity contribution in [1.29, 1.82) is 0 Å². The van der Waals surface area contributed by atoms with Gasteiger partial charge in [-0.1, -0.05) is 120 Å². The Balaban J connectivity index is 1.36. The van der Waals surface area contributed by atoms with Crippen LogP contribution in [0.3, 0.4) is 0 Å². The molecule has 0 aromatic heterocycles. The van der Waals surface area contributed by atoms with Crippen LogP contribution in [0.15, 0.2) is 82.4 Å². The molecular formula is C46H54Cl2O13S2. The lowest BCUT2D eigenvalue weighted by Gasteiger charge is -2.65. The molecule has 2 bridgehead atoms. The molecule has 6 rings (SSSR count). The summed E-state index contributed by atoms with van der Waals surface area (Å²) >= 11 is 11.3. The zero-order valence-electron chi connectivity index (χ0n) is 36.0. The van der Waals surface area contributed by atoms with Crippen LogP contribution < -0.4 is 0 Å². The Bertz CT molecular complexity index is 2080. The molecule has 63 heavy (non-hydrogen) atoms. The van der Waals surface area contributed by atoms with Gasteiger partial charge in [-0.25, -0.2) is 14.4 Å². The first-order valence-electron chi connectivity index (χ1n) is 20.9. The molecular weight excluding hydrogens is 896 g/mol. The highest BCUT2D eigenvalue weighted by molar-refractivity contribution is 8.76. The van der Waals surface area contributed by atoms with Gasteiger partial charge in [0, 0.05) is 36.7 Å². The number of ether oxygens (including phenoxy) is 6. The standard InChI is InChI=1S/C46H54Cl2O13S2/c1-25(28-14-9-7-10-15-28)37(60-43(55)56-19-21-63-62-20-13-18-34(47)48)42(54)58-31-22-30-38(59-41(53)29-16-11-8-12-17-29)39-45(6,40(52)36(51)35(26(31)2)44(30,4)5)32(50)23-33-46(39,24-57-33)61-27(3)49/h7-12,14-18,25,30-33,36-39,50-51H,13,19-24H2,1-6H3/t25-,30+,31-,32-,33+,36+,37+,38+,39-,45+,46-/m0/s1. The van der Waals surface area contributed by atoms with Crippen molar-refractivity contribution in [3.05, 3.63) is 93.5 Å². The summed E-state index contributed by atoms with van der Waals surface area (Å²) in [6.07, 6.45) is -6.82. The highest BCUT2D eigenvalue weighted by atomic mass is 35.5. The fourth-order valence-electron chi connectivity index (χ4n) is 9.98. The van der Waals surface area contributed by atoms with Crippen LogP contribution in [-0.4, -0.2) is 107 Å². The van der Waals surface area contributed by atoms with Gasteiger partial charge in [0.1, 0.15) is 35.5 Å². The molecule has 2 N–H and O–H groups in total. The molecule has 1 aliphatic heterocycles. The summed E-state index contributed by atoms with van der Waals surface area (Å²) in [5, 5.41) is 24.2. The second-order valence-corrected chi connectivity index (χ2v) is 20.9. The molecule has 3 aliphatic carbocycles. The third-order valence-electron chi connectivity index (χ3n) is 13.2. The van der Waals surface area contributed by atoms with E-state index in [2.05, 4.69) is 0 Å². The quantitative estimate of drug-likeness (QED) is 0.0577. The summed E-state index contributed by atoms with van der Waals surface area (Å²) in [6.45, 7) is 9.57. The van der Waals surface area contributed by atoms with Crippen molar-refractivity contribution in [2.24, 2.45) is 22.7 Å². The van der Waals surface area contributed by atoms with Crippen molar-refractivity contribution in [1.82, 2.24) is 0 Å². The number of hydrogen-bond acceptors (Lipinski definition) is 15. The van der Waals surface area contributed by atoms with Gasteiger partial charge in [0.25, 0.3) is 0 Å². The summed E-state index contributed by atoms with van der Waals surface area (Å²) in [4.78, 5) is 69.9. The number of hydrogen-bond donors (Lipinski definition) is 2. The summed E-state index contributed by atoms with van der Waals surface area (Å²) in [5.41, 5.74) is -2.99. The van der Waals surface area contributed by atoms with Crippen LogP contribution in [0.4, 0.5) is 4.79 Å². The van der Waals surface area contributed by atoms with Crippen molar-refractivity contribution < 1.29 is 62.6 Å². The van der Waals surface area contributed by atoms with Gasteiger partial charge in [0.15, 0.2) is 11.4 Å². The molecule has 3 fully saturated rings. The number of ketones is 1. The smallest absolute Gasteiger partial charge is 0.458 e. The van der Waals surface area contributed by atoms with Crippen LogP contribution >= 0.6 is 44.8 Å². The van der Waals surface area contributed by atoms with Gasteiger partial charge in [0.2, 0.25) is 6.10 Å². The second kappa shape index (κ2) is 20.3. The first-order valence-corrected chi connectivity index (χ1v) is 24.1. The molecule has 0 radical (unpaired) electrons. The van der Waals surface area contributed by atoms with Crippen LogP contribution in [0.25, 0.3) is 0 Å². The minimum atomic E-state index is -1.82. The molecule has 2 saturated carbocycles. The van der Waals surface area contributed by atoms with E-state index in [4.69, 9.17) is 51.6 Å². The monoisotopic (exact) mass is 948 g/mol. The Morgan fingerprint density at radius 2 is 1.60 bits per heavy atom. The van der Waals surface area contributed by atoms with E-state index in [9.17, 15) is 29.4 Å². The molecule has 1 saturated heterocycles. The number of carbonyl (C=O) groups is 5. The minimum absolute atomic E-state index is 0.000791. The van der Waals surface area contributed by atoms with E-state index in [1.165, 1.54) is 24.6 Å². The average molecular weight is 950 g/mol. The van der Waals surface area contributed by atoms with Crippen LogP contribution in [0.5, 0.6) is 0 Å². The van der Waals surface area contributed by atoms with Gasteiger partial charge < -0.3 is 38.6 Å². The summed E-state index contributed by atoms with van der Waals surface area (Å²) in [6, 6.07) is 17.2. The lowest BCUT2D eigenvalue weighted by molar-refractivity contribution is -0.335. The van der Waals surface area contributed by atoms with Gasteiger partial charge >= 0.3 is 24.1 Å². The number of fused-ring (bicyclic) bond motifs is 5. The summed E-state index contributed by atoms with van der Waals surface area (Å²) in [7, 11) is 3.02. The normalized spacial score (nSPS) is 30.4. The third kappa shape index (κ3) is 10.00. The van der Waals surface area contributed by atoms with E-state index in [0.29, 0.717) is 23.3 Å². The molecule has 4 aliphatic rings. The van der Waals surface area contributed by atoms with Crippen molar-refractivity contribution in [2.45, 2.75) is 109 Å². The van der Waals surface area contributed by atoms with Crippen molar-refractivity contribution in [3.8, 4) is 0 Å². The predicted octanol–water partition coefficient (Wildman–Crippen LogP) is 7.93. The van der Waals surface area contributed by atoms with E-state index in [0.717, 1.165) is 5.75 Å². The van der Waals surface area contributed by atoms with Gasteiger partial charge in [-0.3, -0.25) is 9.59 Å². The number of rotatable bonds is 15. The zero-order chi connectivity index (χ0) is 45.9. The SMILES string of the molecule is CC(=O)O[C@@]12CO[C@@H]1C[C@H](O)[C@@]1(C)C(=O)[C@H](O)C3=C(C)[C@@H](OC(=O)[C@H](OC(=O)OCCSSCCC=C(Cl)Cl)[C@@H](C)c4ccccc4)C[C@H]([C@@H](OC(=O)c4ccccc4)[C@H]21)C3(C)C. The Kier molecular flexibility index (Phi) is 15.8. The molecule has 0 amide bonds. The Morgan fingerprint density at radius 3 is 2.22 bits per heavy atom. The molecule has 11 atom stereocenters. The zero-order valence-corrected chi connectivity index (χ0v) is 39.1. The topological polar surface area (TPSA) is 181 Å². The van der Waals surface area contributed by atoms with Crippen LogP contribution in [-0.2, 0) is 42.8 Å². The molecule has 2 aromatic carbocycles. The molecule has 0 spiro atoms. The molecule has 1 heterocycles. The fourth-order valence-corrected chi connectivity index (χ4v) is 12.0. The first-order chi connectivity index (χ1) is 29.8. The van der Waals surface area contributed by atoms with Gasteiger partial charge in [-0.2, -0.15) is 0 Å². The van der Waals surface area contributed by atoms with Gasteiger partial charge in [-0.05, 0) is 60.9 Å². The minimum Gasteiger partial charge on any atom is -0.458 e. The Morgan fingerprint density at radius 1 is 0.952 bits per heavy atom.